The van der Waals surface area contributed by atoms with Gasteiger partial charge in [0.15, 0.2) is 0 Å². The first-order valence-electron chi connectivity index (χ1n) is 13.9. The fourth-order valence-corrected chi connectivity index (χ4v) is 6.38. The number of piperazine rings is 1. The van der Waals surface area contributed by atoms with Crippen molar-refractivity contribution in [1.29, 1.82) is 0 Å². The van der Waals surface area contributed by atoms with Crippen molar-refractivity contribution in [1.82, 2.24) is 20.1 Å². The molecule has 8 nitrogen and oxygen atoms in total. The van der Waals surface area contributed by atoms with E-state index in [1.165, 1.54) is 36.2 Å². The number of aromatic nitrogens is 1. The lowest BCUT2D eigenvalue weighted by atomic mass is 9.84. The Morgan fingerprint density at radius 3 is 2.32 bits per heavy atom. The molecule has 0 unspecified atom stereocenters. The van der Waals surface area contributed by atoms with Gasteiger partial charge in [-0.05, 0) is 73.7 Å². The summed E-state index contributed by atoms with van der Waals surface area (Å²) in [5, 5.41) is 5.31. The quantitative estimate of drug-likeness (QED) is 0.589. The molecule has 2 aromatic heterocycles. The van der Waals surface area contributed by atoms with Crippen molar-refractivity contribution >= 4 is 29.0 Å². The van der Waals surface area contributed by atoms with Gasteiger partial charge < -0.3 is 24.8 Å². The van der Waals surface area contributed by atoms with Crippen molar-refractivity contribution in [2.45, 2.75) is 38.1 Å². The van der Waals surface area contributed by atoms with Gasteiger partial charge in [-0.15, -0.1) is 11.3 Å². The average Bonchev–Trinajstić information content (AvgIpc) is 3.48. The molecule has 2 amide bonds. The summed E-state index contributed by atoms with van der Waals surface area (Å²) in [6, 6.07) is 9.23. The van der Waals surface area contributed by atoms with Gasteiger partial charge in [0.25, 0.3) is 0 Å². The molecule has 0 atom stereocenters. The molecule has 3 fully saturated rings. The number of anilines is 2. The van der Waals surface area contributed by atoms with Crippen LogP contribution in [0.5, 0.6) is 0 Å². The highest BCUT2D eigenvalue weighted by atomic mass is 32.1. The van der Waals surface area contributed by atoms with Gasteiger partial charge in [-0.3, -0.25) is 4.90 Å². The largest absolute Gasteiger partial charge is 0.378 e. The summed E-state index contributed by atoms with van der Waals surface area (Å²) in [6.45, 7) is 8.74. The number of carbonyl (C=O) groups is 1. The molecule has 1 saturated carbocycles. The third kappa shape index (κ3) is 6.94. The van der Waals surface area contributed by atoms with Gasteiger partial charge in [0.2, 0.25) is 0 Å². The van der Waals surface area contributed by atoms with Crippen LogP contribution in [0.4, 0.5) is 16.4 Å². The molecule has 5 rings (SSSR count). The van der Waals surface area contributed by atoms with Crippen LogP contribution in [0.25, 0.3) is 10.4 Å². The molecule has 2 aliphatic heterocycles. The van der Waals surface area contributed by atoms with Crippen molar-refractivity contribution in [2.24, 2.45) is 5.92 Å². The van der Waals surface area contributed by atoms with Crippen molar-refractivity contribution < 1.29 is 9.53 Å². The normalized spacial score (nSPS) is 23.2. The van der Waals surface area contributed by atoms with Crippen LogP contribution in [-0.2, 0) is 4.74 Å². The monoisotopic (exact) mass is 526 g/mol. The molecule has 1 N–H and O–H groups in total. The maximum Gasteiger partial charge on any atom is 0.317 e. The molecule has 0 radical (unpaired) electrons. The van der Waals surface area contributed by atoms with E-state index in [0.717, 1.165) is 82.9 Å². The van der Waals surface area contributed by atoms with Gasteiger partial charge in [-0.2, -0.15) is 0 Å². The number of ether oxygens (including phenoxy) is 1. The molecule has 2 saturated heterocycles. The molecule has 0 bridgehead atoms. The van der Waals surface area contributed by atoms with Crippen molar-refractivity contribution in [3.63, 3.8) is 0 Å². The van der Waals surface area contributed by atoms with Crippen LogP contribution in [0.1, 0.15) is 32.1 Å². The van der Waals surface area contributed by atoms with E-state index in [1.807, 2.05) is 0 Å². The molecule has 37 heavy (non-hydrogen) atoms. The molecular weight excluding hydrogens is 484 g/mol. The third-order valence-corrected chi connectivity index (χ3v) is 8.99. The van der Waals surface area contributed by atoms with Crippen LogP contribution in [0.3, 0.4) is 0 Å². The van der Waals surface area contributed by atoms with Crippen LogP contribution in [0.2, 0.25) is 0 Å². The molecule has 0 aromatic carbocycles. The van der Waals surface area contributed by atoms with E-state index in [0.29, 0.717) is 6.04 Å². The van der Waals surface area contributed by atoms with Crippen molar-refractivity contribution in [3.8, 4) is 10.4 Å². The smallest absolute Gasteiger partial charge is 0.317 e. The van der Waals surface area contributed by atoms with Crippen LogP contribution in [0.15, 0.2) is 29.6 Å². The summed E-state index contributed by atoms with van der Waals surface area (Å²) in [7, 11) is 3.61. The summed E-state index contributed by atoms with van der Waals surface area (Å²) >= 11 is 1.79. The summed E-state index contributed by atoms with van der Waals surface area (Å²) in [4.78, 5) is 27.4. The summed E-state index contributed by atoms with van der Waals surface area (Å²) in [5.41, 5.74) is 1.27. The number of nitrogens with zero attached hydrogens (tertiary/aromatic N) is 5. The van der Waals surface area contributed by atoms with E-state index in [9.17, 15) is 4.79 Å². The third-order valence-electron chi connectivity index (χ3n) is 8.07. The van der Waals surface area contributed by atoms with E-state index >= 15 is 0 Å². The summed E-state index contributed by atoms with van der Waals surface area (Å²) in [6.07, 6.45) is 5.93. The maximum absolute atomic E-state index is 11.9. The van der Waals surface area contributed by atoms with Crippen LogP contribution < -0.4 is 15.1 Å². The van der Waals surface area contributed by atoms with Crippen molar-refractivity contribution in [3.05, 3.63) is 29.6 Å². The van der Waals surface area contributed by atoms with E-state index in [4.69, 9.17) is 9.72 Å². The van der Waals surface area contributed by atoms with E-state index in [1.54, 1.807) is 30.3 Å². The zero-order valence-electron chi connectivity index (χ0n) is 22.4. The Balaban J connectivity index is 1.13. The number of hydrogen-bond donors (Lipinski definition) is 1. The van der Waals surface area contributed by atoms with E-state index in [-0.39, 0.29) is 6.03 Å². The Bertz CT molecular complexity index is 994. The lowest BCUT2D eigenvalue weighted by Gasteiger charge is -2.37. The zero-order chi connectivity index (χ0) is 25.6. The van der Waals surface area contributed by atoms with Crippen LogP contribution in [0, 0.1) is 5.92 Å². The highest BCUT2D eigenvalue weighted by molar-refractivity contribution is 7.13. The Morgan fingerprint density at radius 1 is 1.03 bits per heavy atom. The number of nitrogens with one attached hydrogen (secondary N) is 1. The molecule has 3 aliphatic rings. The van der Waals surface area contributed by atoms with E-state index in [2.05, 4.69) is 49.7 Å². The Kier molecular flexibility index (Phi) is 8.84. The Labute approximate surface area is 225 Å². The number of carbonyl (C=O) groups excluding carboxylic acids is 1. The van der Waals surface area contributed by atoms with Crippen LogP contribution in [-0.4, -0.2) is 100.0 Å². The molecule has 9 heteroatoms. The number of amides is 2. The second kappa shape index (κ2) is 12.5. The molecule has 4 heterocycles. The number of hydrogen-bond acceptors (Lipinski definition) is 7. The average molecular weight is 527 g/mol. The first kappa shape index (κ1) is 26.3. The number of urea groups is 1. The minimum Gasteiger partial charge on any atom is -0.378 e. The molecule has 202 valence electrons. The topological polar surface area (TPSA) is 64.2 Å². The molecule has 2 aromatic rings. The fourth-order valence-electron chi connectivity index (χ4n) is 5.67. The lowest BCUT2D eigenvalue weighted by molar-refractivity contribution is 0.122. The van der Waals surface area contributed by atoms with Gasteiger partial charge in [0.05, 0.1) is 13.2 Å². The predicted molar refractivity (Wildman–Crippen MR) is 152 cm³/mol. The highest BCUT2D eigenvalue weighted by Gasteiger charge is 2.25. The number of morpholine rings is 1. The second-order valence-electron chi connectivity index (χ2n) is 10.8. The van der Waals surface area contributed by atoms with Gasteiger partial charge in [-0.1, -0.05) is 6.07 Å². The van der Waals surface area contributed by atoms with Gasteiger partial charge in [0, 0.05) is 64.3 Å². The van der Waals surface area contributed by atoms with Gasteiger partial charge >= 0.3 is 6.03 Å². The van der Waals surface area contributed by atoms with Crippen LogP contribution >= 0.6 is 11.3 Å². The van der Waals surface area contributed by atoms with Gasteiger partial charge in [-0.25, -0.2) is 9.78 Å². The van der Waals surface area contributed by atoms with Gasteiger partial charge in [0.1, 0.15) is 11.6 Å². The number of pyridine rings is 1. The minimum atomic E-state index is 0.0359. The second-order valence-corrected chi connectivity index (χ2v) is 11.8. The lowest BCUT2D eigenvalue weighted by Crippen LogP contribution is -2.47. The maximum atomic E-state index is 11.9. The molecule has 0 spiro atoms. The van der Waals surface area contributed by atoms with E-state index < -0.39 is 0 Å². The molecular formula is C28H42N6O2S. The summed E-state index contributed by atoms with van der Waals surface area (Å²) < 4.78 is 5.58. The standard InChI is InChI=1S/C28H42N6O2S/c1-31(2)28(35)29-24-7-5-22(6-8-24)9-10-32-11-13-33(14-12-32)26-20-23(25-4-3-19-37-25)21-27(30-26)34-15-17-36-18-16-34/h3-4,19-22,24H,5-18H2,1-2H3,(H,29,35). The predicted octanol–water partition coefficient (Wildman–Crippen LogP) is 3.99. The SMILES string of the molecule is CN(C)C(=O)NC1CCC(CCN2CCN(c3cc(-c4cccs4)cc(N4CCOCC4)n3)CC2)CC1. The molecule has 1 aliphatic carbocycles. The highest BCUT2D eigenvalue weighted by Crippen LogP contribution is 2.32. The zero-order valence-corrected chi connectivity index (χ0v) is 23.2. The Hall–Kier alpha value is -2.36. The first-order valence-corrected chi connectivity index (χ1v) is 14.8. The minimum absolute atomic E-state index is 0.0359. The first-order chi connectivity index (χ1) is 18.0. The Morgan fingerprint density at radius 2 is 1.70 bits per heavy atom. The summed E-state index contributed by atoms with van der Waals surface area (Å²) in [5.74, 6) is 2.96. The number of rotatable bonds is 7. The van der Waals surface area contributed by atoms with Crippen molar-refractivity contribution in [2.75, 3.05) is 82.9 Å². The number of thiophene rings is 1. The fraction of sp³-hybridized carbons (Fsp3) is 0.643.